The van der Waals surface area contributed by atoms with Crippen LogP contribution in [0.15, 0.2) is 0 Å². The Kier molecular flexibility index (Phi) is 7.56. The normalized spacial score (nSPS) is 26.6. The second-order valence-corrected chi connectivity index (χ2v) is 6.41. The fourth-order valence-corrected chi connectivity index (χ4v) is 3.42. The maximum atomic E-state index is 3.65. The Labute approximate surface area is 112 Å². The molecule has 2 nitrogen and oxygen atoms in total. The molecule has 1 saturated carbocycles. The van der Waals surface area contributed by atoms with E-state index in [4.69, 9.17) is 0 Å². The number of thioether (sulfide) groups is 1. The minimum atomic E-state index is 0.727. The van der Waals surface area contributed by atoms with Gasteiger partial charge in [-0.2, -0.15) is 11.8 Å². The summed E-state index contributed by atoms with van der Waals surface area (Å²) in [5.74, 6) is 2.16. The summed E-state index contributed by atoms with van der Waals surface area (Å²) in [5, 5.41) is 3.65. The molecule has 0 aliphatic heterocycles. The molecule has 0 bridgehead atoms. The van der Waals surface area contributed by atoms with Crippen LogP contribution in [0, 0.1) is 5.92 Å². The second-order valence-electron chi connectivity index (χ2n) is 5.43. The van der Waals surface area contributed by atoms with Crippen molar-refractivity contribution in [3.8, 4) is 0 Å². The Hall–Kier alpha value is 0.270. The number of hydrogen-bond donors (Lipinski definition) is 1. The summed E-state index contributed by atoms with van der Waals surface area (Å²) in [5.41, 5.74) is 0. The van der Waals surface area contributed by atoms with E-state index >= 15 is 0 Å². The first kappa shape index (κ1) is 15.3. The SMILES string of the molecule is CCNC1CCCC1CN(C)C(C)CCSC. The van der Waals surface area contributed by atoms with Gasteiger partial charge in [-0.25, -0.2) is 0 Å². The van der Waals surface area contributed by atoms with Crippen LogP contribution >= 0.6 is 11.8 Å². The van der Waals surface area contributed by atoms with Gasteiger partial charge in [0.25, 0.3) is 0 Å². The molecule has 17 heavy (non-hydrogen) atoms. The minimum Gasteiger partial charge on any atom is -0.314 e. The highest BCUT2D eigenvalue weighted by molar-refractivity contribution is 7.98. The van der Waals surface area contributed by atoms with Crippen molar-refractivity contribution in [1.82, 2.24) is 10.2 Å². The third-order valence-electron chi connectivity index (χ3n) is 4.14. The predicted molar refractivity (Wildman–Crippen MR) is 79.9 cm³/mol. The lowest BCUT2D eigenvalue weighted by Gasteiger charge is -2.30. The van der Waals surface area contributed by atoms with Crippen LogP contribution in [0.4, 0.5) is 0 Å². The number of nitrogens with one attached hydrogen (secondary N) is 1. The number of hydrogen-bond acceptors (Lipinski definition) is 3. The summed E-state index contributed by atoms with van der Waals surface area (Å²) in [6, 6.07) is 1.50. The van der Waals surface area contributed by atoms with Crippen molar-refractivity contribution >= 4 is 11.8 Å². The van der Waals surface area contributed by atoms with E-state index in [1.807, 2.05) is 11.8 Å². The zero-order valence-corrected chi connectivity index (χ0v) is 12.9. The Balaban J connectivity index is 2.31. The summed E-state index contributed by atoms with van der Waals surface area (Å²) < 4.78 is 0. The largest absolute Gasteiger partial charge is 0.314 e. The summed E-state index contributed by atoms with van der Waals surface area (Å²) in [7, 11) is 2.30. The Morgan fingerprint density at radius 3 is 2.82 bits per heavy atom. The van der Waals surface area contributed by atoms with E-state index in [2.05, 4.69) is 37.4 Å². The van der Waals surface area contributed by atoms with Gasteiger partial charge in [0.05, 0.1) is 0 Å². The van der Waals surface area contributed by atoms with Gasteiger partial charge < -0.3 is 10.2 Å². The van der Waals surface area contributed by atoms with Gasteiger partial charge in [0, 0.05) is 18.6 Å². The summed E-state index contributed by atoms with van der Waals surface area (Å²) in [6.45, 7) is 6.98. The molecule has 0 saturated heterocycles. The molecule has 0 aromatic carbocycles. The van der Waals surface area contributed by atoms with Gasteiger partial charge >= 0.3 is 0 Å². The van der Waals surface area contributed by atoms with Crippen molar-refractivity contribution in [3.05, 3.63) is 0 Å². The zero-order valence-electron chi connectivity index (χ0n) is 12.0. The fourth-order valence-electron chi connectivity index (χ4n) is 2.84. The molecule has 1 rings (SSSR count). The summed E-state index contributed by atoms with van der Waals surface area (Å²) in [6.07, 6.45) is 7.72. The first-order valence-electron chi connectivity index (χ1n) is 7.11. The zero-order chi connectivity index (χ0) is 12.7. The first-order chi connectivity index (χ1) is 8.19. The third kappa shape index (κ3) is 5.19. The van der Waals surface area contributed by atoms with E-state index in [1.54, 1.807) is 0 Å². The van der Waals surface area contributed by atoms with Crippen LogP contribution in [0.5, 0.6) is 0 Å². The molecule has 1 fully saturated rings. The summed E-state index contributed by atoms with van der Waals surface area (Å²) >= 11 is 1.96. The van der Waals surface area contributed by atoms with Crippen LogP contribution < -0.4 is 5.32 Å². The molecule has 3 atom stereocenters. The molecule has 3 unspecified atom stereocenters. The Morgan fingerprint density at radius 1 is 1.41 bits per heavy atom. The van der Waals surface area contributed by atoms with Crippen molar-refractivity contribution in [2.24, 2.45) is 5.92 Å². The highest BCUT2D eigenvalue weighted by Gasteiger charge is 2.28. The standard InChI is InChI=1S/C14H30N2S/c1-5-15-14-8-6-7-13(14)11-16(3)12(2)9-10-17-4/h12-15H,5-11H2,1-4H3. The molecule has 1 aliphatic carbocycles. The lowest BCUT2D eigenvalue weighted by atomic mass is 10.0. The van der Waals surface area contributed by atoms with Crippen molar-refractivity contribution in [1.29, 1.82) is 0 Å². The van der Waals surface area contributed by atoms with E-state index < -0.39 is 0 Å². The molecule has 102 valence electrons. The molecule has 0 aromatic rings. The van der Waals surface area contributed by atoms with Gasteiger partial charge in [0.1, 0.15) is 0 Å². The van der Waals surface area contributed by atoms with Crippen LogP contribution in [-0.4, -0.2) is 49.1 Å². The molecule has 0 amide bonds. The first-order valence-corrected chi connectivity index (χ1v) is 8.51. The molecule has 0 heterocycles. The van der Waals surface area contributed by atoms with E-state index in [0.717, 1.165) is 24.5 Å². The molecule has 0 radical (unpaired) electrons. The van der Waals surface area contributed by atoms with Crippen molar-refractivity contribution in [3.63, 3.8) is 0 Å². The topological polar surface area (TPSA) is 15.3 Å². The maximum absolute atomic E-state index is 3.65. The molecule has 0 aromatic heterocycles. The van der Waals surface area contributed by atoms with E-state index in [0.29, 0.717) is 0 Å². The van der Waals surface area contributed by atoms with Crippen LogP contribution in [0.2, 0.25) is 0 Å². The minimum absolute atomic E-state index is 0.727. The smallest absolute Gasteiger partial charge is 0.0107 e. The van der Waals surface area contributed by atoms with Gasteiger partial charge in [-0.15, -0.1) is 0 Å². The molecule has 0 spiro atoms. The van der Waals surface area contributed by atoms with Gasteiger partial charge in [-0.1, -0.05) is 13.3 Å². The molecule has 1 N–H and O–H groups in total. The molecular weight excluding hydrogens is 228 g/mol. The lowest BCUT2D eigenvalue weighted by molar-refractivity contribution is 0.200. The Morgan fingerprint density at radius 2 is 2.18 bits per heavy atom. The van der Waals surface area contributed by atoms with Gasteiger partial charge in [0.2, 0.25) is 0 Å². The quantitative estimate of drug-likeness (QED) is 0.721. The number of rotatable bonds is 8. The van der Waals surface area contributed by atoms with Crippen LogP contribution in [0.3, 0.4) is 0 Å². The monoisotopic (exact) mass is 258 g/mol. The van der Waals surface area contributed by atoms with Gasteiger partial charge in [-0.05, 0) is 57.7 Å². The highest BCUT2D eigenvalue weighted by atomic mass is 32.2. The van der Waals surface area contributed by atoms with Crippen molar-refractivity contribution in [2.45, 2.75) is 51.6 Å². The van der Waals surface area contributed by atoms with Crippen LogP contribution in [0.1, 0.15) is 39.5 Å². The average Bonchev–Trinajstić information content (AvgIpc) is 2.74. The molecule has 1 aliphatic rings. The van der Waals surface area contributed by atoms with Crippen LogP contribution in [0.25, 0.3) is 0 Å². The highest BCUT2D eigenvalue weighted by Crippen LogP contribution is 2.26. The lowest BCUT2D eigenvalue weighted by Crippen LogP contribution is -2.41. The van der Waals surface area contributed by atoms with E-state index in [9.17, 15) is 0 Å². The molecule has 3 heteroatoms. The fraction of sp³-hybridized carbons (Fsp3) is 1.00. The predicted octanol–water partition coefficient (Wildman–Crippen LogP) is 2.84. The maximum Gasteiger partial charge on any atom is 0.0107 e. The van der Waals surface area contributed by atoms with Crippen molar-refractivity contribution in [2.75, 3.05) is 32.1 Å². The third-order valence-corrected chi connectivity index (χ3v) is 4.78. The van der Waals surface area contributed by atoms with E-state index in [1.165, 1.54) is 38.0 Å². The van der Waals surface area contributed by atoms with E-state index in [-0.39, 0.29) is 0 Å². The Bertz CT molecular complexity index is 199. The van der Waals surface area contributed by atoms with Gasteiger partial charge in [-0.3, -0.25) is 0 Å². The second kappa shape index (κ2) is 8.39. The number of nitrogens with zero attached hydrogens (tertiary/aromatic N) is 1. The molecular formula is C14H30N2S. The van der Waals surface area contributed by atoms with Gasteiger partial charge in [0.15, 0.2) is 0 Å². The average molecular weight is 258 g/mol. The van der Waals surface area contributed by atoms with Crippen molar-refractivity contribution < 1.29 is 0 Å². The van der Waals surface area contributed by atoms with Crippen LogP contribution in [-0.2, 0) is 0 Å². The summed E-state index contributed by atoms with van der Waals surface area (Å²) in [4.78, 5) is 2.57.